The van der Waals surface area contributed by atoms with Crippen molar-refractivity contribution in [3.05, 3.63) is 29.8 Å². The Balaban J connectivity index is 2.01. The first-order chi connectivity index (χ1) is 9.26. The zero-order valence-electron chi connectivity index (χ0n) is 11.9. The lowest BCUT2D eigenvalue weighted by Crippen LogP contribution is -2.41. The number of nitriles is 1. The summed E-state index contributed by atoms with van der Waals surface area (Å²) in [6.45, 7) is 3.23. The molecule has 19 heavy (non-hydrogen) atoms. The molecule has 3 heteroatoms. The molecule has 1 aromatic carbocycles. The molecule has 1 aromatic rings. The molecule has 0 unspecified atom stereocenters. The largest absolute Gasteiger partial charge is 0.371 e. The van der Waals surface area contributed by atoms with Gasteiger partial charge in [-0.3, -0.25) is 0 Å². The van der Waals surface area contributed by atoms with Gasteiger partial charge in [-0.05, 0) is 44.4 Å². The maximum atomic E-state index is 9.19. The first kappa shape index (κ1) is 13.9. The Morgan fingerprint density at radius 2 is 1.95 bits per heavy atom. The van der Waals surface area contributed by atoms with Gasteiger partial charge in [-0.25, -0.2) is 0 Å². The summed E-state index contributed by atoms with van der Waals surface area (Å²) in [5, 5.41) is 12.7. The van der Waals surface area contributed by atoms with Gasteiger partial charge in [0.15, 0.2) is 0 Å². The minimum absolute atomic E-state index is 0.560. The smallest absolute Gasteiger partial charge is 0.101 e. The van der Waals surface area contributed by atoms with Crippen LogP contribution in [0.4, 0.5) is 5.69 Å². The van der Waals surface area contributed by atoms with Crippen LogP contribution in [0.3, 0.4) is 0 Å². The van der Waals surface area contributed by atoms with Gasteiger partial charge in [0, 0.05) is 19.1 Å². The summed E-state index contributed by atoms with van der Waals surface area (Å²) < 4.78 is 0. The van der Waals surface area contributed by atoms with Crippen LogP contribution in [0, 0.1) is 11.3 Å². The molecule has 0 amide bonds. The SMILES string of the molecule is CCNC1CCC(N(C)c2ccccc2C#N)CC1. The second-order valence-corrected chi connectivity index (χ2v) is 5.30. The van der Waals surface area contributed by atoms with E-state index < -0.39 is 0 Å². The van der Waals surface area contributed by atoms with Crippen molar-refractivity contribution in [2.75, 3.05) is 18.5 Å². The van der Waals surface area contributed by atoms with Gasteiger partial charge < -0.3 is 10.2 Å². The Kier molecular flexibility index (Phi) is 4.81. The van der Waals surface area contributed by atoms with Crippen LogP contribution >= 0.6 is 0 Å². The van der Waals surface area contributed by atoms with Crippen LogP contribution in [0.1, 0.15) is 38.2 Å². The minimum Gasteiger partial charge on any atom is -0.371 e. The number of nitrogens with one attached hydrogen (secondary N) is 1. The predicted octanol–water partition coefficient (Wildman–Crippen LogP) is 2.92. The van der Waals surface area contributed by atoms with E-state index in [9.17, 15) is 5.26 Å². The third kappa shape index (κ3) is 3.27. The Morgan fingerprint density at radius 1 is 1.26 bits per heavy atom. The molecule has 1 aliphatic rings. The van der Waals surface area contributed by atoms with Gasteiger partial charge in [0.2, 0.25) is 0 Å². The van der Waals surface area contributed by atoms with E-state index in [0.717, 1.165) is 17.8 Å². The molecule has 102 valence electrons. The van der Waals surface area contributed by atoms with Crippen molar-refractivity contribution in [1.29, 1.82) is 5.26 Å². The molecule has 0 saturated heterocycles. The zero-order valence-corrected chi connectivity index (χ0v) is 11.9. The molecule has 1 N–H and O–H groups in total. The lowest BCUT2D eigenvalue weighted by molar-refractivity contribution is 0.341. The number of anilines is 1. The average molecular weight is 257 g/mol. The summed E-state index contributed by atoms with van der Waals surface area (Å²) in [7, 11) is 2.12. The van der Waals surface area contributed by atoms with Gasteiger partial charge in [-0.15, -0.1) is 0 Å². The van der Waals surface area contributed by atoms with E-state index in [1.807, 2.05) is 18.2 Å². The van der Waals surface area contributed by atoms with Crippen molar-refractivity contribution in [1.82, 2.24) is 5.32 Å². The maximum Gasteiger partial charge on any atom is 0.101 e. The molecular formula is C16H23N3. The molecule has 0 spiro atoms. The molecule has 3 nitrogen and oxygen atoms in total. The first-order valence-corrected chi connectivity index (χ1v) is 7.21. The molecule has 0 heterocycles. The van der Waals surface area contributed by atoms with Gasteiger partial charge in [0.25, 0.3) is 0 Å². The van der Waals surface area contributed by atoms with Gasteiger partial charge in [-0.2, -0.15) is 5.26 Å². The number of nitrogens with zero attached hydrogens (tertiary/aromatic N) is 2. The summed E-state index contributed by atoms with van der Waals surface area (Å²) in [5.74, 6) is 0. The summed E-state index contributed by atoms with van der Waals surface area (Å²) in [4.78, 5) is 2.29. The highest BCUT2D eigenvalue weighted by atomic mass is 15.1. The van der Waals surface area contributed by atoms with Gasteiger partial charge in [0.1, 0.15) is 6.07 Å². The number of para-hydroxylation sites is 1. The fourth-order valence-electron chi connectivity index (χ4n) is 3.03. The van der Waals surface area contributed by atoms with Crippen LogP contribution in [-0.4, -0.2) is 25.7 Å². The number of benzene rings is 1. The monoisotopic (exact) mass is 257 g/mol. The second kappa shape index (κ2) is 6.58. The van der Waals surface area contributed by atoms with Gasteiger partial charge >= 0.3 is 0 Å². The number of hydrogen-bond donors (Lipinski definition) is 1. The van der Waals surface area contributed by atoms with E-state index in [-0.39, 0.29) is 0 Å². The van der Waals surface area contributed by atoms with E-state index in [2.05, 4.69) is 36.3 Å². The Morgan fingerprint density at radius 3 is 2.58 bits per heavy atom. The van der Waals surface area contributed by atoms with Crippen molar-refractivity contribution < 1.29 is 0 Å². The van der Waals surface area contributed by atoms with Crippen molar-refractivity contribution in [3.63, 3.8) is 0 Å². The molecule has 1 saturated carbocycles. The van der Waals surface area contributed by atoms with Gasteiger partial charge in [0.05, 0.1) is 11.3 Å². The van der Waals surface area contributed by atoms with Crippen LogP contribution in [-0.2, 0) is 0 Å². The highest BCUT2D eigenvalue weighted by Gasteiger charge is 2.24. The van der Waals surface area contributed by atoms with Crippen molar-refractivity contribution in [3.8, 4) is 6.07 Å². The van der Waals surface area contributed by atoms with Crippen molar-refractivity contribution in [2.45, 2.75) is 44.7 Å². The first-order valence-electron chi connectivity index (χ1n) is 7.21. The lowest BCUT2D eigenvalue weighted by atomic mass is 9.90. The van der Waals surface area contributed by atoms with Crippen LogP contribution < -0.4 is 10.2 Å². The fraction of sp³-hybridized carbons (Fsp3) is 0.562. The van der Waals surface area contributed by atoms with Crippen molar-refractivity contribution in [2.24, 2.45) is 0 Å². The standard InChI is InChI=1S/C16H23N3/c1-3-18-14-8-10-15(11-9-14)19(2)16-7-5-4-6-13(16)12-17/h4-7,14-15,18H,3,8-11H2,1-2H3. The summed E-state index contributed by atoms with van der Waals surface area (Å²) in [6, 6.07) is 11.4. The van der Waals surface area contributed by atoms with Gasteiger partial charge in [-0.1, -0.05) is 19.1 Å². The highest BCUT2D eigenvalue weighted by Crippen LogP contribution is 2.28. The lowest BCUT2D eigenvalue weighted by Gasteiger charge is -2.36. The third-order valence-corrected chi connectivity index (χ3v) is 4.14. The van der Waals surface area contributed by atoms with Crippen LogP contribution in [0.15, 0.2) is 24.3 Å². The molecule has 0 bridgehead atoms. The molecule has 0 radical (unpaired) electrons. The number of hydrogen-bond acceptors (Lipinski definition) is 3. The zero-order chi connectivity index (χ0) is 13.7. The van der Waals surface area contributed by atoms with Crippen LogP contribution in [0.5, 0.6) is 0 Å². The summed E-state index contributed by atoms with van der Waals surface area (Å²) >= 11 is 0. The third-order valence-electron chi connectivity index (χ3n) is 4.14. The predicted molar refractivity (Wildman–Crippen MR) is 79.3 cm³/mol. The topological polar surface area (TPSA) is 39.1 Å². The summed E-state index contributed by atoms with van der Waals surface area (Å²) in [6.07, 6.45) is 4.87. The molecule has 0 aromatic heterocycles. The molecule has 0 aliphatic heterocycles. The van der Waals surface area contributed by atoms with Crippen LogP contribution in [0.25, 0.3) is 0 Å². The Bertz CT molecular complexity index is 442. The molecular weight excluding hydrogens is 234 g/mol. The van der Waals surface area contributed by atoms with Crippen LogP contribution in [0.2, 0.25) is 0 Å². The van der Waals surface area contributed by atoms with E-state index in [0.29, 0.717) is 12.1 Å². The normalized spacial score (nSPS) is 22.8. The molecule has 2 rings (SSSR count). The van der Waals surface area contributed by atoms with Crippen molar-refractivity contribution >= 4 is 5.69 Å². The van der Waals surface area contributed by atoms with E-state index in [4.69, 9.17) is 0 Å². The molecule has 1 aliphatic carbocycles. The maximum absolute atomic E-state index is 9.19. The van der Waals surface area contributed by atoms with E-state index in [1.165, 1.54) is 25.7 Å². The average Bonchev–Trinajstić information content (AvgIpc) is 2.47. The second-order valence-electron chi connectivity index (χ2n) is 5.30. The Hall–Kier alpha value is -1.53. The molecule has 0 atom stereocenters. The van der Waals surface area contributed by atoms with E-state index in [1.54, 1.807) is 0 Å². The quantitative estimate of drug-likeness (QED) is 0.901. The minimum atomic E-state index is 0.560. The summed E-state index contributed by atoms with van der Waals surface area (Å²) in [5.41, 5.74) is 1.84. The highest BCUT2D eigenvalue weighted by molar-refractivity contribution is 5.59. The van der Waals surface area contributed by atoms with E-state index >= 15 is 0 Å². The fourth-order valence-corrected chi connectivity index (χ4v) is 3.03. The Labute approximate surface area is 116 Å². The molecule has 1 fully saturated rings. The number of rotatable bonds is 4.